The molecule has 0 aliphatic carbocycles. The fourth-order valence-electron chi connectivity index (χ4n) is 10.5. The molecule has 0 saturated carbocycles. The second-order valence-corrected chi connectivity index (χ2v) is 29.5. The van der Waals surface area contributed by atoms with Gasteiger partial charge in [-0.05, 0) is 199 Å². The van der Waals surface area contributed by atoms with Gasteiger partial charge in [-0.25, -0.2) is 62.8 Å². The SMILES string of the molecule is CC(C)=C(Cl)N(C)C.CC(C)Oc1nc2cc(F)c(C(=O)Nc3cccc(-c4nncn4C(C)C)n3)cc2nc1OC(C)C.CC(C)Oc1nc2cc(F)c(C(=O)Nc3cccc(-c4nncn4C(C)C)n3)cc2nc1OC(C)C.CC(C)Oc1nc2cc(F)c(C(=O)O)cc2nc1OC(C)C.CC(C)n1cnnc1-c1cccc(N)n1. The van der Waals surface area contributed by atoms with Gasteiger partial charge in [-0.3, -0.25) is 9.59 Å². The number of carbonyl (C=O) groups excluding carboxylic acids is 2. The van der Waals surface area contributed by atoms with E-state index in [0.717, 1.165) is 46.5 Å². The molecule has 9 aromatic heterocycles. The first-order valence-corrected chi connectivity index (χ1v) is 37.9. The second-order valence-electron chi connectivity index (χ2n) is 29.1. The Kier molecular flexibility index (Phi) is 31.0. The maximum Gasteiger partial charge on any atom is 0.338 e. The Morgan fingerprint density at radius 3 is 0.923 bits per heavy atom. The average Bonchev–Trinajstić information content (AvgIpc) is 1.37. The Balaban J connectivity index is 0.000000196. The number of fused-ring (bicyclic) bond motifs is 3. The molecule has 12 aromatic rings. The Bertz CT molecular complexity index is 5260. The van der Waals surface area contributed by atoms with Gasteiger partial charge in [0.05, 0.1) is 86.4 Å². The molecule has 0 fully saturated rings. The summed E-state index contributed by atoms with van der Waals surface area (Å²) in [6.45, 7) is 38.1. The van der Waals surface area contributed by atoms with Crippen molar-refractivity contribution >= 4 is 79.9 Å². The van der Waals surface area contributed by atoms with Crippen molar-refractivity contribution in [1.82, 2.24) is 94.0 Å². The van der Waals surface area contributed by atoms with Gasteiger partial charge < -0.3 is 68.5 Å². The van der Waals surface area contributed by atoms with Crippen LogP contribution in [0.15, 0.2) is 121 Å². The Labute approximate surface area is 680 Å². The van der Waals surface area contributed by atoms with E-state index in [1.807, 2.05) is 169 Å². The molecule has 5 N–H and O–H groups in total. The van der Waals surface area contributed by atoms with Crippen LogP contribution < -0.4 is 44.8 Å². The third-order valence-corrected chi connectivity index (χ3v) is 16.2. The molecule has 9 heterocycles. The van der Waals surface area contributed by atoms with Crippen LogP contribution >= 0.6 is 11.6 Å². The molecule has 0 saturated heterocycles. The van der Waals surface area contributed by atoms with Crippen molar-refractivity contribution in [2.75, 3.05) is 30.5 Å². The van der Waals surface area contributed by atoms with Gasteiger partial charge in [0, 0.05) is 50.4 Å². The highest BCUT2D eigenvalue weighted by atomic mass is 35.5. The maximum atomic E-state index is 15.0. The number of carboxylic acids is 1. The molecule has 2 amide bonds. The average molecular weight is 1630 g/mol. The lowest BCUT2D eigenvalue weighted by molar-refractivity contribution is 0.0691. The molecule has 0 spiro atoms. The van der Waals surface area contributed by atoms with E-state index in [2.05, 4.69) is 99.9 Å². The lowest BCUT2D eigenvalue weighted by Gasteiger charge is -2.16. The zero-order chi connectivity index (χ0) is 86.0. The number of hydrogen-bond donors (Lipinski definition) is 4. The van der Waals surface area contributed by atoms with E-state index in [0.29, 0.717) is 45.9 Å². The van der Waals surface area contributed by atoms with Crippen LogP contribution in [-0.2, 0) is 0 Å². The lowest BCUT2D eigenvalue weighted by atomic mass is 10.1. The first kappa shape index (κ1) is 89.7. The number of amides is 2. The lowest BCUT2D eigenvalue weighted by Crippen LogP contribution is -2.16. The standard InChI is InChI=1S/2C25H28FN7O3.C15H17FN2O4.C10H13N5.C6H12ClN/c2*1-13(2)33-12-27-32-22(33)18-8-7-9-21(28-18)31-23(34)16-10-19-20(11-17(16)26)30-25(36-15(5)6)24(29-19)35-14(3)4;1-7(2)21-13-14(22-8(3)4)18-12-6-10(16)9(15(19)20)5-11(12)17-13;1-7(2)15-6-12-14-10(15)8-4-3-5-9(11)13-8;1-5(2)6(7)8(3)4/h2*7-15H,1-6H3,(H,28,31,34);5-8H,1-4H3,(H,19,20);3-7H,1-2H3,(H2,11,13);1-4H3. The topological polar surface area (TPSA) is 388 Å². The van der Waals surface area contributed by atoms with Crippen LogP contribution in [-0.4, -0.2) is 168 Å². The van der Waals surface area contributed by atoms with E-state index < -0.39 is 40.8 Å². The van der Waals surface area contributed by atoms with Gasteiger partial charge >= 0.3 is 5.97 Å². The number of ether oxygens (including phenoxy) is 6. The minimum absolute atomic E-state index is 0.124. The number of carbonyl (C=O) groups is 3. The molecule has 620 valence electrons. The van der Waals surface area contributed by atoms with Crippen molar-refractivity contribution in [3.63, 3.8) is 0 Å². The fourth-order valence-corrected chi connectivity index (χ4v) is 10.5. The summed E-state index contributed by atoms with van der Waals surface area (Å²) in [6, 6.07) is 23.4. The number of pyridine rings is 3. The van der Waals surface area contributed by atoms with Crippen molar-refractivity contribution in [3.8, 4) is 69.8 Å². The Morgan fingerprint density at radius 1 is 0.410 bits per heavy atom. The molecular formula is C81H98ClF3N22O10. The van der Waals surface area contributed by atoms with Crippen LogP contribution in [0.25, 0.3) is 67.7 Å². The number of anilines is 3. The van der Waals surface area contributed by atoms with Crippen LogP contribution in [0.1, 0.15) is 188 Å². The molecule has 0 unspecified atom stereocenters. The summed E-state index contributed by atoms with van der Waals surface area (Å²) in [5.41, 5.74) is 9.19. The smallest absolute Gasteiger partial charge is 0.338 e. The van der Waals surface area contributed by atoms with Crippen molar-refractivity contribution < 1.29 is 61.1 Å². The summed E-state index contributed by atoms with van der Waals surface area (Å²) in [5, 5.41) is 39.2. The summed E-state index contributed by atoms with van der Waals surface area (Å²) in [7, 11) is 3.85. The molecule has 0 aliphatic rings. The molecule has 32 nitrogen and oxygen atoms in total. The zero-order valence-electron chi connectivity index (χ0n) is 69.3. The van der Waals surface area contributed by atoms with Crippen molar-refractivity contribution in [1.29, 1.82) is 0 Å². The van der Waals surface area contributed by atoms with Gasteiger partial charge in [-0.15, -0.1) is 30.6 Å². The molecule has 12 rings (SSSR count). The minimum Gasteiger partial charge on any atom is -0.478 e. The molecule has 0 bridgehead atoms. The fraction of sp³-hybridized carbons (Fsp3) is 0.383. The van der Waals surface area contributed by atoms with Gasteiger partial charge in [-0.1, -0.05) is 29.8 Å². The number of carboxylic acid groups (broad SMARTS) is 1. The van der Waals surface area contributed by atoms with Crippen LogP contribution in [0.2, 0.25) is 0 Å². The number of aromatic carboxylic acids is 1. The molecular weight excluding hydrogens is 1530 g/mol. The van der Waals surface area contributed by atoms with Crippen molar-refractivity contribution in [2.24, 2.45) is 0 Å². The number of halogens is 4. The van der Waals surface area contributed by atoms with Crippen molar-refractivity contribution in [3.05, 3.63) is 155 Å². The predicted molar refractivity (Wildman–Crippen MR) is 439 cm³/mol. The first-order valence-electron chi connectivity index (χ1n) is 37.5. The number of nitrogens with two attached hydrogens (primary N) is 1. The van der Waals surface area contributed by atoms with E-state index in [1.165, 1.54) is 12.1 Å². The molecule has 0 atom stereocenters. The maximum absolute atomic E-state index is 15.0. The number of allylic oxidation sites excluding steroid dienone is 1. The number of benzene rings is 3. The number of nitrogen functional groups attached to an aromatic ring is 1. The molecule has 0 radical (unpaired) electrons. The number of hydrogen-bond acceptors (Lipinski definition) is 26. The second kappa shape index (κ2) is 40.5. The number of aromatic nitrogens is 18. The van der Waals surface area contributed by atoms with Gasteiger partial charge in [0.1, 0.15) is 76.1 Å². The van der Waals surface area contributed by atoms with Gasteiger partial charge in [0.2, 0.25) is 0 Å². The zero-order valence-corrected chi connectivity index (χ0v) is 70.1. The quantitative estimate of drug-likeness (QED) is 0.0408. The largest absolute Gasteiger partial charge is 0.478 e. The van der Waals surface area contributed by atoms with Crippen LogP contribution in [0.4, 0.5) is 30.6 Å². The minimum atomic E-state index is -1.37. The van der Waals surface area contributed by atoms with Gasteiger partial charge in [-0.2, -0.15) is 0 Å². The monoisotopic (exact) mass is 1630 g/mol. The number of nitrogens with one attached hydrogen (secondary N) is 2. The van der Waals surface area contributed by atoms with Crippen LogP contribution in [0.3, 0.4) is 0 Å². The summed E-state index contributed by atoms with van der Waals surface area (Å²) in [5.74, 6) is -1.28. The molecule has 0 aliphatic heterocycles. The molecule has 117 heavy (non-hydrogen) atoms. The molecule has 36 heteroatoms. The predicted octanol–water partition coefficient (Wildman–Crippen LogP) is 16.2. The molecule has 3 aromatic carbocycles. The van der Waals surface area contributed by atoms with Crippen LogP contribution in [0.5, 0.6) is 35.3 Å². The van der Waals surface area contributed by atoms with Crippen molar-refractivity contribution in [2.45, 2.75) is 193 Å². The highest BCUT2D eigenvalue weighted by Crippen LogP contribution is 2.34. The van der Waals surface area contributed by atoms with Gasteiger partial charge in [0.25, 0.3) is 47.1 Å². The van der Waals surface area contributed by atoms with E-state index in [9.17, 15) is 27.6 Å². The van der Waals surface area contributed by atoms with Crippen LogP contribution in [0, 0.1) is 17.5 Å². The number of rotatable bonds is 24. The summed E-state index contributed by atoms with van der Waals surface area (Å²) in [4.78, 5) is 78.0. The summed E-state index contributed by atoms with van der Waals surface area (Å²) in [6.07, 6.45) is 3.87. The van der Waals surface area contributed by atoms with E-state index in [4.69, 9.17) is 50.9 Å². The number of nitrogens with zero attached hydrogens (tertiary/aromatic N) is 19. The normalized spacial score (nSPS) is 11.2. The summed E-state index contributed by atoms with van der Waals surface area (Å²) >= 11 is 5.76. The highest BCUT2D eigenvalue weighted by Gasteiger charge is 2.25. The first-order chi connectivity index (χ1) is 55.2. The highest BCUT2D eigenvalue weighted by molar-refractivity contribution is 6.29. The van der Waals surface area contributed by atoms with Gasteiger partial charge in [0.15, 0.2) is 17.5 Å². The Hall–Kier alpha value is -12.8. The summed E-state index contributed by atoms with van der Waals surface area (Å²) < 4.78 is 83.4. The third kappa shape index (κ3) is 24.6. The third-order valence-electron chi connectivity index (χ3n) is 15.5. The van der Waals surface area contributed by atoms with E-state index in [1.54, 1.807) is 61.4 Å². The Morgan fingerprint density at radius 2 is 0.675 bits per heavy atom. The van der Waals surface area contributed by atoms with E-state index in [-0.39, 0.29) is 129 Å². The van der Waals surface area contributed by atoms with E-state index >= 15 is 0 Å².